The van der Waals surface area contributed by atoms with Crippen molar-refractivity contribution in [3.8, 4) is 6.07 Å². The third-order valence-electron chi connectivity index (χ3n) is 6.72. The van der Waals surface area contributed by atoms with Gasteiger partial charge in [0, 0.05) is 36.8 Å². The summed E-state index contributed by atoms with van der Waals surface area (Å²) < 4.78 is 6.77. The highest BCUT2D eigenvalue weighted by molar-refractivity contribution is 5.64. The van der Waals surface area contributed by atoms with Crippen LogP contribution in [0.15, 0.2) is 108 Å². The zero-order chi connectivity index (χ0) is 24.3. The summed E-state index contributed by atoms with van der Waals surface area (Å²) >= 11 is 0. The van der Waals surface area contributed by atoms with Crippen molar-refractivity contribution in [2.45, 2.75) is 18.4 Å². The summed E-state index contributed by atoms with van der Waals surface area (Å²) in [5.74, 6) is 0.618. The lowest BCUT2D eigenvalue weighted by Gasteiger charge is -2.39. The normalized spacial score (nSPS) is 17.7. The Bertz CT molecular complexity index is 1360. The van der Waals surface area contributed by atoms with E-state index in [-0.39, 0.29) is 5.70 Å². The molecule has 2 aliphatic rings. The molecule has 0 bridgehead atoms. The molecule has 0 spiro atoms. The highest BCUT2D eigenvalue weighted by Crippen LogP contribution is 2.45. The summed E-state index contributed by atoms with van der Waals surface area (Å²) in [5, 5.41) is 9.68. The monoisotopic (exact) mass is 455 g/mol. The van der Waals surface area contributed by atoms with E-state index in [9.17, 15) is 5.26 Å². The Morgan fingerprint density at radius 2 is 1.71 bits per heavy atom. The highest BCUT2D eigenvalue weighted by Gasteiger charge is 2.40. The van der Waals surface area contributed by atoms with Crippen molar-refractivity contribution in [3.63, 3.8) is 0 Å². The summed E-state index contributed by atoms with van der Waals surface area (Å²) in [5.41, 5.74) is 5.60. The molecule has 0 amide bonds. The van der Waals surface area contributed by atoms with Gasteiger partial charge < -0.3 is 9.64 Å². The van der Waals surface area contributed by atoms with Gasteiger partial charge in [-0.05, 0) is 47.4 Å². The van der Waals surface area contributed by atoms with Crippen LogP contribution in [0.5, 0.6) is 0 Å². The largest absolute Gasteiger partial charge is 0.478 e. The number of likely N-dealkylation sites (N-methyl/N-ethyl adjacent to an activating group) is 1. The molecule has 170 valence electrons. The van der Waals surface area contributed by atoms with Crippen molar-refractivity contribution in [2.24, 2.45) is 0 Å². The van der Waals surface area contributed by atoms with Gasteiger partial charge in [-0.15, -0.1) is 0 Å². The molecule has 0 aromatic heterocycles. The van der Waals surface area contributed by atoms with Gasteiger partial charge in [0.15, 0.2) is 5.60 Å². The number of benzene rings is 3. The molecule has 0 radical (unpaired) electrons. The molecule has 4 nitrogen and oxygen atoms in total. The fourth-order valence-corrected chi connectivity index (χ4v) is 4.93. The van der Waals surface area contributed by atoms with E-state index in [2.05, 4.69) is 41.1 Å². The van der Waals surface area contributed by atoms with Gasteiger partial charge in [-0.1, -0.05) is 72.8 Å². The number of nitrogens with zero attached hydrogens (tertiary/aromatic N) is 3. The van der Waals surface area contributed by atoms with Crippen molar-refractivity contribution >= 4 is 11.8 Å². The predicted molar refractivity (Wildman–Crippen MR) is 139 cm³/mol. The first-order valence-corrected chi connectivity index (χ1v) is 11.7. The van der Waals surface area contributed by atoms with E-state index in [1.807, 2.05) is 78.9 Å². The summed E-state index contributed by atoms with van der Waals surface area (Å²) in [7, 11) is 2.12. The SMILES string of the molecule is [C-]#[N+]/C(C#N)=C1C=C(/C=C/c2ccc3c(c2)CCN3C)OC(c2ccccc2)(c2ccccc2)C\1. The molecule has 3 aromatic rings. The van der Waals surface area contributed by atoms with E-state index in [4.69, 9.17) is 11.3 Å². The standard InChI is InChI=1S/C31H25N3O/c1-33-29(22-32)25-20-28(15-13-23-14-16-30-24(19-23)17-18-34(30)2)35-31(21-25,26-9-5-3-6-10-26)27-11-7-4-8-12-27/h3-16,19-20H,17-18,21H2,2H3/b15-13+,29-25+. The molecule has 2 aliphatic heterocycles. The highest BCUT2D eigenvalue weighted by atomic mass is 16.5. The first-order chi connectivity index (χ1) is 17.1. The molecule has 0 unspecified atom stereocenters. The molecular formula is C31H25N3O. The van der Waals surface area contributed by atoms with Crippen molar-refractivity contribution in [2.75, 3.05) is 18.5 Å². The summed E-state index contributed by atoms with van der Waals surface area (Å²) in [6.45, 7) is 8.61. The lowest BCUT2D eigenvalue weighted by Crippen LogP contribution is -2.34. The summed E-state index contributed by atoms with van der Waals surface area (Å²) in [4.78, 5) is 5.79. The predicted octanol–water partition coefficient (Wildman–Crippen LogP) is 6.64. The smallest absolute Gasteiger partial charge is 0.265 e. The van der Waals surface area contributed by atoms with Crippen LogP contribution in [0.3, 0.4) is 0 Å². The maximum Gasteiger partial charge on any atom is 0.265 e. The Morgan fingerprint density at radius 3 is 2.34 bits per heavy atom. The molecule has 2 heterocycles. The second kappa shape index (κ2) is 9.37. The number of hydrogen-bond donors (Lipinski definition) is 0. The summed E-state index contributed by atoms with van der Waals surface area (Å²) in [6.07, 6.45) is 7.26. The second-order valence-electron chi connectivity index (χ2n) is 8.88. The Balaban J connectivity index is 1.61. The molecule has 35 heavy (non-hydrogen) atoms. The minimum Gasteiger partial charge on any atom is -0.478 e. The number of fused-ring (bicyclic) bond motifs is 1. The Morgan fingerprint density at radius 1 is 1.03 bits per heavy atom. The van der Waals surface area contributed by atoms with Crippen LogP contribution in [0.1, 0.15) is 28.7 Å². The minimum atomic E-state index is -0.848. The molecule has 3 aromatic carbocycles. The quantitative estimate of drug-likeness (QED) is 0.327. The molecule has 4 heteroatoms. The zero-order valence-electron chi connectivity index (χ0n) is 19.6. The molecule has 0 atom stereocenters. The molecular weight excluding hydrogens is 430 g/mol. The first-order valence-electron chi connectivity index (χ1n) is 11.7. The van der Waals surface area contributed by atoms with Crippen molar-refractivity contribution < 1.29 is 4.74 Å². The number of ether oxygens (including phenoxy) is 1. The van der Waals surface area contributed by atoms with Crippen LogP contribution in [0, 0.1) is 17.9 Å². The van der Waals surface area contributed by atoms with Gasteiger partial charge in [0.05, 0.1) is 12.6 Å². The Labute approximate surface area is 206 Å². The van der Waals surface area contributed by atoms with Crippen molar-refractivity contribution in [1.29, 1.82) is 5.26 Å². The third kappa shape index (κ3) is 4.23. The molecule has 5 rings (SSSR count). The van der Waals surface area contributed by atoms with Gasteiger partial charge in [-0.25, -0.2) is 10.1 Å². The fraction of sp³-hybridized carbons (Fsp3) is 0.161. The molecule has 0 N–H and O–H groups in total. The molecule has 0 fully saturated rings. The zero-order valence-corrected chi connectivity index (χ0v) is 19.6. The van der Waals surface area contributed by atoms with E-state index in [1.54, 1.807) is 0 Å². The van der Waals surface area contributed by atoms with Gasteiger partial charge in [-0.3, -0.25) is 0 Å². The van der Waals surface area contributed by atoms with E-state index < -0.39 is 5.60 Å². The average molecular weight is 456 g/mol. The van der Waals surface area contributed by atoms with Crippen LogP contribution in [0.25, 0.3) is 10.9 Å². The van der Waals surface area contributed by atoms with Gasteiger partial charge in [-0.2, -0.15) is 0 Å². The maximum atomic E-state index is 9.68. The van der Waals surface area contributed by atoms with Crippen LogP contribution in [-0.4, -0.2) is 13.6 Å². The lowest BCUT2D eigenvalue weighted by molar-refractivity contribution is 0.0348. The summed E-state index contributed by atoms with van der Waals surface area (Å²) in [6, 6.07) is 28.6. The fourth-order valence-electron chi connectivity index (χ4n) is 4.93. The van der Waals surface area contributed by atoms with E-state index in [1.165, 1.54) is 11.3 Å². The number of hydrogen-bond acceptors (Lipinski definition) is 3. The van der Waals surface area contributed by atoms with Gasteiger partial charge >= 0.3 is 0 Å². The van der Waals surface area contributed by atoms with Crippen LogP contribution < -0.4 is 4.90 Å². The average Bonchev–Trinajstić information content (AvgIpc) is 3.29. The molecule has 0 saturated heterocycles. The second-order valence-corrected chi connectivity index (χ2v) is 8.88. The lowest BCUT2D eigenvalue weighted by atomic mass is 9.79. The van der Waals surface area contributed by atoms with Crippen molar-refractivity contribution in [3.05, 3.63) is 142 Å². The molecule has 0 saturated carbocycles. The number of anilines is 1. The van der Waals surface area contributed by atoms with Gasteiger partial charge in [0.1, 0.15) is 5.76 Å². The van der Waals surface area contributed by atoms with Gasteiger partial charge in [0.2, 0.25) is 0 Å². The maximum absolute atomic E-state index is 9.68. The van der Waals surface area contributed by atoms with Crippen molar-refractivity contribution in [1.82, 2.24) is 0 Å². The Hall–Kier alpha value is -4.54. The minimum absolute atomic E-state index is 0.0935. The van der Waals surface area contributed by atoms with Crippen LogP contribution in [0.2, 0.25) is 0 Å². The Kier molecular flexibility index (Phi) is 5.96. The first kappa shape index (κ1) is 22.3. The van der Waals surface area contributed by atoms with Crippen LogP contribution >= 0.6 is 0 Å². The van der Waals surface area contributed by atoms with E-state index in [0.717, 1.165) is 29.7 Å². The number of allylic oxidation sites excluding steroid dienone is 3. The number of rotatable bonds is 4. The molecule has 0 aliphatic carbocycles. The van der Waals surface area contributed by atoms with E-state index in [0.29, 0.717) is 17.8 Å². The topological polar surface area (TPSA) is 40.6 Å². The van der Waals surface area contributed by atoms with E-state index >= 15 is 0 Å². The number of nitriles is 1. The van der Waals surface area contributed by atoms with Gasteiger partial charge in [0.25, 0.3) is 5.70 Å². The third-order valence-corrected chi connectivity index (χ3v) is 6.72. The van der Waals surface area contributed by atoms with Crippen LogP contribution in [0.4, 0.5) is 5.69 Å². The van der Waals surface area contributed by atoms with Crippen LogP contribution in [-0.2, 0) is 16.8 Å².